The van der Waals surface area contributed by atoms with E-state index in [2.05, 4.69) is 25.4 Å². The Kier molecular flexibility index (Phi) is 5.08. The van der Waals surface area contributed by atoms with Gasteiger partial charge in [-0.2, -0.15) is 18.3 Å². The molecule has 33 heavy (non-hydrogen) atoms. The van der Waals surface area contributed by atoms with Crippen molar-refractivity contribution in [1.82, 2.24) is 15.2 Å². The summed E-state index contributed by atoms with van der Waals surface area (Å²) >= 11 is 0. The Balaban J connectivity index is 1.47. The minimum Gasteiger partial charge on any atom is -0.508 e. The number of benzene rings is 1. The summed E-state index contributed by atoms with van der Waals surface area (Å²) in [6.07, 6.45) is -1.66. The lowest BCUT2D eigenvalue weighted by Crippen LogP contribution is -2.44. The molecule has 174 valence electrons. The van der Waals surface area contributed by atoms with Crippen molar-refractivity contribution in [3.05, 3.63) is 47.3 Å². The van der Waals surface area contributed by atoms with E-state index in [0.717, 1.165) is 49.9 Å². The van der Waals surface area contributed by atoms with Crippen LogP contribution in [-0.2, 0) is 10.9 Å². The second-order valence-corrected chi connectivity index (χ2v) is 9.07. The van der Waals surface area contributed by atoms with Gasteiger partial charge >= 0.3 is 6.18 Å². The van der Waals surface area contributed by atoms with Crippen molar-refractivity contribution in [1.29, 1.82) is 0 Å². The topological polar surface area (TPSA) is 83.4 Å². The number of pyridine rings is 1. The Bertz CT molecular complexity index is 1210. The van der Waals surface area contributed by atoms with Gasteiger partial charge in [-0.25, -0.2) is 0 Å². The van der Waals surface area contributed by atoms with Crippen molar-refractivity contribution in [3.8, 4) is 5.75 Å². The molecule has 1 spiro atoms. The number of aryl methyl sites for hydroxylation is 1. The number of rotatable bonds is 4. The zero-order chi connectivity index (χ0) is 23.4. The molecule has 0 aliphatic carbocycles. The maximum Gasteiger partial charge on any atom is 0.416 e. The molecule has 0 unspecified atom stereocenters. The van der Waals surface area contributed by atoms with E-state index < -0.39 is 23.5 Å². The summed E-state index contributed by atoms with van der Waals surface area (Å²) in [5.74, 6) is -0.0181. The fourth-order valence-corrected chi connectivity index (χ4v) is 4.55. The van der Waals surface area contributed by atoms with Crippen LogP contribution in [0.1, 0.15) is 36.2 Å². The van der Waals surface area contributed by atoms with Crippen molar-refractivity contribution in [2.75, 3.05) is 36.5 Å². The Morgan fingerprint density at radius 1 is 1.18 bits per heavy atom. The Morgan fingerprint density at radius 2 is 1.97 bits per heavy atom. The first-order valence-corrected chi connectivity index (χ1v) is 10.8. The molecule has 2 N–H and O–H groups in total. The average Bonchev–Trinajstić information content (AvgIpc) is 3.21. The fourth-order valence-electron chi connectivity index (χ4n) is 4.55. The van der Waals surface area contributed by atoms with E-state index >= 15 is 0 Å². The second kappa shape index (κ2) is 7.72. The lowest BCUT2D eigenvalue weighted by Gasteiger charge is -2.37. The van der Waals surface area contributed by atoms with Crippen molar-refractivity contribution in [2.45, 2.75) is 32.5 Å². The number of nitrogens with zero attached hydrogens (tertiary/aromatic N) is 4. The summed E-state index contributed by atoms with van der Waals surface area (Å²) in [6, 6.07) is 4.48. The molecule has 0 amide bonds. The standard InChI is InChI=1S/C23H24F3N5O2/c1-13(15-5-16(23(24,25)26)7-18(32)6-15)28-21-19-8-17(9-27-20(19)14(2)29-30-21)31-4-3-22(10-31)11-33-12-22/h5-9,13,32H,3-4,10-12H2,1-2H3,(H,28,30)/t13-/m1/s1. The van der Waals surface area contributed by atoms with Crippen LogP contribution in [-0.4, -0.2) is 46.6 Å². The van der Waals surface area contributed by atoms with E-state index in [9.17, 15) is 18.3 Å². The Morgan fingerprint density at radius 3 is 2.64 bits per heavy atom. The fraction of sp³-hybridized carbons (Fsp3) is 0.435. The molecule has 2 aromatic heterocycles. The molecule has 2 aliphatic rings. The molecular formula is C23H24F3N5O2. The number of phenols is 1. The Labute approximate surface area is 188 Å². The molecule has 1 aromatic carbocycles. The van der Waals surface area contributed by atoms with E-state index in [4.69, 9.17) is 4.74 Å². The largest absolute Gasteiger partial charge is 0.508 e. The van der Waals surface area contributed by atoms with Crippen LogP contribution in [0.4, 0.5) is 24.7 Å². The van der Waals surface area contributed by atoms with Gasteiger partial charge < -0.3 is 20.1 Å². The van der Waals surface area contributed by atoms with Gasteiger partial charge in [0.25, 0.3) is 0 Å². The number of hydrogen-bond donors (Lipinski definition) is 2. The van der Waals surface area contributed by atoms with Gasteiger partial charge in [-0.3, -0.25) is 4.98 Å². The monoisotopic (exact) mass is 459 g/mol. The summed E-state index contributed by atoms with van der Waals surface area (Å²) in [5.41, 5.74) is 1.91. The molecule has 5 rings (SSSR count). The van der Waals surface area contributed by atoms with Gasteiger partial charge in [0.15, 0.2) is 5.82 Å². The summed E-state index contributed by atoms with van der Waals surface area (Å²) < 4.78 is 45.0. The lowest BCUT2D eigenvalue weighted by atomic mass is 9.85. The van der Waals surface area contributed by atoms with Gasteiger partial charge in [0.1, 0.15) is 5.75 Å². The van der Waals surface area contributed by atoms with Crippen LogP contribution in [0.2, 0.25) is 0 Å². The number of nitrogens with one attached hydrogen (secondary N) is 1. The maximum atomic E-state index is 13.2. The van der Waals surface area contributed by atoms with Gasteiger partial charge in [0.2, 0.25) is 0 Å². The number of halogens is 3. The van der Waals surface area contributed by atoms with Crippen molar-refractivity contribution in [3.63, 3.8) is 0 Å². The number of hydrogen-bond acceptors (Lipinski definition) is 7. The first kappa shape index (κ1) is 21.7. The highest BCUT2D eigenvalue weighted by Crippen LogP contribution is 2.40. The summed E-state index contributed by atoms with van der Waals surface area (Å²) in [6.45, 7) is 6.90. The van der Waals surface area contributed by atoms with E-state index in [1.165, 1.54) is 6.07 Å². The zero-order valence-electron chi connectivity index (χ0n) is 18.3. The van der Waals surface area contributed by atoms with E-state index in [0.29, 0.717) is 23.1 Å². The van der Waals surface area contributed by atoms with Gasteiger partial charge in [-0.15, -0.1) is 5.10 Å². The maximum absolute atomic E-state index is 13.2. The lowest BCUT2D eigenvalue weighted by molar-refractivity contribution is -0.137. The highest BCUT2D eigenvalue weighted by Gasteiger charge is 2.44. The molecule has 10 heteroatoms. The molecule has 2 aliphatic heterocycles. The molecular weight excluding hydrogens is 435 g/mol. The molecule has 0 radical (unpaired) electrons. The number of anilines is 2. The van der Waals surface area contributed by atoms with Gasteiger partial charge in [0, 0.05) is 23.9 Å². The number of aromatic nitrogens is 3. The third kappa shape index (κ3) is 4.03. The van der Waals surface area contributed by atoms with Crippen molar-refractivity contribution < 1.29 is 23.0 Å². The van der Waals surface area contributed by atoms with Gasteiger partial charge in [-0.05, 0) is 50.1 Å². The molecule has 4 heterocycles. The number of phenolic OH excluding ortho intramolecular Hbond substituents is 1. The van der Waals surface area contributed by atoms with Crippen LogP contribution in [0.15, 0.2) is 30.5 Å². The van der Waals surface area contributed by atoms with Crippen LogP contribution in [0.25, 0.3) is 10.9 Å². The van der Waals surface area contributed by atoms with Crippen LogP contribution in [0.5, 0.6) is 5.75 Å². The quantitative estimate of drug-likeness (QED) is 0.596. The molecule has 2 saturated heterocycles. The van der Waals surface area contributed by atoms with Gasteiger partial charge in [0.05, 0.1) is 47.9 Å². The minimum atomic E-state index is -4.55. The van der Waals surface area contributed by atoms with E-state index in [1.807, 2.05) is 19.2 Å². The third-order valence-corrected chi connectivity index (χ3v) is 6.51. The Hall–Kier alpha value is -3.14. The van der Waals surface area contributed by atoms with E-state index in [1.54, 1.807) is 6.92 Å². The van der Waals surface area contributed by atoms with Crippen molar-refractivity contribution >= 4 is 22.4 Å². The number of ether oxygens (including phenoxy) is 1. The third-order valence-electron chi connectivity index (χ3n) is 6.51. The minimum absolute atomic E-state index is 0.225. The SMILES string of the molecule is Cc1nnc(N[C@H](C)c2cc(O)cc(C(F)(F)F)c2)c2cc(N3CCC4(COC4)C3)cnc12. The summed E-state index contributed by atoms with van der Waals surface area (Å²) in [5, 5.41) is 22.2. The molecule has 0 saturated carbocycles. The normalized spacial score (nSPS) is 18.5. The van der Waals surface area contributed by atoms with Crippen LogP contribution in [0.3, 0.4) is 0 Å². The predicted molar refractivity (Wildman–Crippen MR) is 117 cm³/mol. The summed E-state index contributed by atoms with van der Waals surface area (Å²) in [7, 11) is 0. The second-order valence-electron chi connectivity index (χ2n) is 9.07. The highest BCUT2D eigenvalue weighted by molar-refractivity contribution is 5.92. The molecule has 0 bridgehead atoms. The van der Waals surface area contributed by atoms with Crippen LogP contribution < -0.4 is 10.2 Å². The summed E-state index contributed by atoms with van der Waals surface area (Å²) in [4.78, 5) is 6.89. The van der Waals surface area contributed by atoms with E-state index in [-0.39, 0.29) is 11.0 Å². The zero-order valence-corrected chi connectivity index (χ0v) is 18.3. The number of aromatic hydroxyl groups is 1. The highest BCUT2D eigenvalue weighted by atomic mass is 19.4. The first-order chi connectivity index (χ1) is 15.6. The van der Waals surface area contributed by atoms with Crippen LogP contribution >= 0.6 is 0 Å². The van der Waals surface area contributed by atoms with Crippen LogP contribution in [0, 0.1) is 12.3 Å². The molecule has 1 atom stereocenters. The van der Waals surface area contributed by atoms with Gasteiger partial charge in [-0.1, -0.05) is 0 Å². The average molecular weight is 459 g/mol. The van der Waals surface area contributed by atoms with Crippen molar-refractivity contribution in [2.24, 2.45) is 5.41 Å². The number of alkyl halides is 3. The number of fused-ring (bicyclic) bond motifs is 1. The predicted octanol–water partition coefficient (Wildman–Crippen LogP) is 4.46. The molecule has 2 fully saturated rings. The first-order valence-electron chi connectivity index (χ1n) is 10.8. The molecule has 3 aromatic rings. The molecule has 7 nitrogen and oxygen atoms in total. The smallest absolute Gasteiger partial charge is 0.416 e.